The van der Waals surface area contributed by atoms with E-state index in [9.17, 15) is 9.90 Å². The molecular weight excluding hydrogens is 320 g/mol. The van der Waals surface area contributed by atoms with Crippen LogP contribution >= 0.6 is 0 Å². The van der Waals surface area contributed by atoms with Gasteiger partial charge in [-0.15, -0.1) is 0 Å². The van der Waals surface area contributed by atoms with E-state index >= 15 is 0 Å². The third-order valence-corrected chi connectivity index (χ3v) is 5.20. The highest BCUT2D eigenvalue weighted by molar-refractivity contribution is 6.22. The Hall–Kier alpha value is -3.13. The van der Waals surface area contributed by atoms with Crippen LogP contribution in [0, 0.1) is 6.92 Å². The van der Waals surface area contributed by atoms with E-state index in [1.807, 2.05) is 74.5 Å². The highest BCUT2D eigenvalue weighted by Gasteiger charge is 2.32. The molecule has 0 atom stereocenters. The second-order valence-corrected chi connectivity index (χ2v) is 6.78. The van der Waals surface area contributed by atoms with Crippen LogP contribution in [0.4, 0.5) is 0 Å². The molecule has 3 aromatic rings. The number of phenolic OH excluding ortho intramolecular Hbond substituents is 1. The molecular formula is C24H20O2. The molecule has 0 fully saturated rings. The van der Waals surface area contributed by atoms with Crippen LogP contribution in [0.15, 0.2) is 72.3 Å². The Morgan fingerprint density at radius 2 is 1.46 bits per heavy atom. The molecule has 1 N–H and O–H groups in total. The second kappa shape index (κ2) is 6.30. The summed E-state index contributed by atoms with van der Waals surface area (Å²) in [5.41, 5.74) is 6.93. The largest absolute Gasteiger partial charge is 0.507 e. The van der Waals surface area contributed by atoms with Crippen LogP contribution in [0.25, 0.3) is 16.7 Å². The van der Waals surface area contributed by atoms with Gasteiger partial charge in [0, 0.05) is 23.1 Å². The molecule has 0 aromatic heterocycles. The summed E-state index contributed by atoms with van der Waals surface area (Å²) in [4.78, 5) is 13.2. The lowest BCUT2D eigenvalue weighted by atomic mass is 9.91. The third-order valence-electron chi connectivity index (χ3n) is 5.20. The first-order valence-electron chi connectivity index (χ1n) is 8.78. The van der Waals surface area contributed by atoms with Crippen molar-refractivity contribution in [2.24, 2.45) is 0 Å². The summed E-state index contributed by atoms with van der Waals surface area (Å²) in [6.07, 6.45) is 0.583. The van der Waals surface area contributed by atoms with Crippen molar-refractivity contribution in [1.82, 2.24) is 0 Å². The Morgan fingerprint density at radius 3 is 2.12 bits per heavy atom. The first-order valence-corrected chi connectivity index (χ1v) is 8.78. The van der Waals surface area contributed by atoms with Gasteiger partial charge >= 0.3 is 0 Å². The molecule has 4 rings (SSSR count). The SMILES string of the molecule is CC1=C(Cc2ccccc2)C(=O)c2c(C)c(-c3ccccc3)cc(O)c21. The van der Waals surface area contributed by atoms with E-state index in [4.69, 9.17) is 0 Å². The zero-order chi connectivity index (χ0) is 18.3. The number of allylic oxidation sites excluding steroid dienone is 2. The molecule has 3 aromatic carbocycles. The lowest BCUT2D eigenvalue weighted by Gasteiger charge is -2.13. The molecule has 0 radical (unpaired) electrons. The van der Waals surface area contributed by atoms with Gasteiger partial charge in [-0.05, 0) is 47.7 Å². The topological polar surface area (TPSA) is 37.3 Å². The van der Waals surface area contributed by atoms with E-state index in [0.717, 1.165) is 33.4 Å². The average molecular weight is 340 g/mol. The molecule has 0 unspecified atom stereocenters. The van der Waals surface area contributed by atoms with Crippen LogP contribution in [0.5, 0.6) is 5.75 Å². The van der Waals surface area contributed by atoms with Crippen molar-refractivity contribution < 1.29 is 9.90 Å². The first-order chi connectivity index (χ1) is 12.6. The number of benzene rings is 3. The summed E-state index contributed by atoms with van der Waals surface area (Å²) < 4.78 is 0. The number of carbonyl (C=O) groups is 1. The van der Waals surface area contributed by atoms with Gasteiger partial charge in [0.05, 0.1) is 0 Å². The van der Waals surface area contributed by atoms with Crippen molar-refractivity contribution >= 4 is 11.4 Å². The molecule has 0 amide bonds. The van der Waals surface area contributed by atoms with Gasteiger partial charge in [-0.3, -0.25) is 4.79 Å². The average Bonchev–Trinajstić information content (AvgIpc) is 2.92. The molecule has 1 aliphatic rings. The summed E-state index contributed by atoms with van der Waals surface area (Å²) >= 11 is 0. The molecule has 0 heterocycles. The van der Waals surface area contributed by atoms with Crippen molar-refractivity contribution in [2.75, 3.05) is 0 Å². The predicted octanol–water partition coefficient (Wildman–Crippen LogP) is 5.58. The Morgan fingerprint density at radius 1 is 0.846 bits per heavy atom. The van der Waals surface area contributed by atoms with Crippen LogP contribution in [0.2, 0.25) is 0 Å². The van der Waals surface area contributed by atoms with Crippen LogP contribution < -0.4 is 0 Å². The third kappa shape index (κ3) is 2.55. The molecule has 2 heteroatoms. The van der Waals surface area contributed by atoms with Crippen LogP contribution in [-0.2, 0) is 6.42 Å². The molecule has 2 nitrogen and oxygen atoms in total. The summed E-state index contributed by atoms with van der Waals surface area (Å²) in [7, 11) is 0. The molecule has 26 heavy (non-hydrogen) atoms. The molecule has 0 aliphatic heterocycles. The zero-order valence-corrected chi connectivity index (χ0v) is 14.9. The Labute approximate surface area is 153 Å². The Kier molecular flexibility index (Phi) is 3.96. The molecule has 1 aliphatic carbocycles. The van der Waals surface area contributed by atoms with Crippen LogP contribution in [0.1, 0.15) is 34.0 Å². The zero-order valence-electron chi connectivity index (χ0n) is 14.9. The van der Waals surface area contributed by atoms with Gasteiger partial charge < -0.3 is 5.11 Å². The highest BCUT2D eigenvalue weighted by atomic mass is 16.3. The summed E-state index contributed by atoms with van der Waals surface area (Å²) in [5, 5.41) is 10.7. The van der Waals surface area contributed by atoms with E-state index in [1.54, 1.807) is 6.07 Å². The van der Waals surface area contributed by atoms with Crippen LogP contribution in [-0.4, -0.2) is 10.9 Å². The van der Waals surface area contributed by atoms with E-state index in [2.05, 4.69) is 0 Å². The molecule has 128 valence electrons. The number of phenols is 1. The van der Waals surface area contributed by atoms with Gasteiger partial charge in [0.1, 0.15) is 5.75 Å². The van der Waals surface area contributed by atoms with E-state index in [1.165, 1.54) is 0 Å². The van der Waals surface area contributed by atoms with Gasteiger partial charge in [0.15, 0.2) is 5.78 Å². The molecule has 0 saturated carbocycles. The van der Waals surface area contributed by atoms with Crippen molar-refractivity contribution in [2.45, 2.75) is 20.3 Å². The maximum absolute atomic E-state index is 13.2. The van der Waals surface area contributed by atoms with Crippen molar-refractivity contribution in [1.29, 1.82) is 0 Å². The summed E-state index contributed by atoms with van der Waals surface area (Å²) in [6, 6.07) is 21.7. The number of aromatic hydroxyl groups is 1. The van der Waals surface area contributed by atoms with Gasteiger partial charge in [0.2, 0.25) is 0 Å². The maximum atomic E-state index is 13.2. The Bertz CT molecular complexity index is 1030. The van der Waals surface area contributed by atoms with Gasteiger partial charge in [-0.25, -0.2) is 0 Å². The fourth-order valence-corrected chi connectivity index (χ4v) is 3.83. The smallest absolute Gasteiger partial charge is 0.190 e. The number of ketones is 1. The minimum atomic E-state index is 0.0342. The summed E-state index contributed by atoms with van der Waals surface area (Å²) in [5.74, 6) is 0.213. The van der Waals surface area contributed by atoms with Gasteiger partial charge in [0.25, 0.3) is 0 Å². The van der Waals surface area contributed by atoms with Crippen molar-refractivity contribution in [3.63, 3.8) is 0 Å². The highest BCUT2D eigenvalue weighted by Crippen LogP contribution is 2.44. The number of hydrogen-bond acceptors (Lipinski definition) is 2. The quantitative estimate of drug-likeness (QED) is 0.676. The molecule has 0 bridgehead atoms. The lowest BCUT2D eigenvalue weighted by Crippen LogP contribution is -2.05. The van der Waals surface area contributed by atoms with Crippen molar-refractivity contribution in [3.8, 4) is 16.9 Å². The fourth-order valence-electron chi connectivity index (χ4n) is 3.83. The number of rotatable bonds is 3. The van der Waals surface area contributed by atoms with E-state index < -0.39 is 0 Å². The van der Waals surface area contributed by atoms with Crippen molar-refractivity contribution in [3.05, 3.63) is 94.6 Å². The normalized spacial score (nSPS) is 13.2. The first kappa shape index (κ1) is 16.3. The lowest BCUT2D eigenvalue weighted by molar-refractivity contribution is 0.103. The Balaban J connectivity index is 1.83. The van der Waals surface area contributed by atoms with E-state index in [-0.39, 0.29) is 11.5 Å². The van der Waals surface area contributed by atoms with Gasteiger partial charge in [-0.1, -0.05) is 60.7 Å². The number of Topliss-reactive ketones (excluding diaryl/α,β-unsaturated/α-hetero) is 1. The number of fused-ring (bicyclic) bond motifs is 1. The second-order valence-electron chi connectivity index (χ2n) is 6.78. The fraction of sp³-hybridized carbons (Fsp3) is 0.125. The minimum absolute atomic E-state index is 0.0342. The number of hydrogen-bond donors (Lipinski definition) is 1. The van der Waals surface area contributed by atoms with Gasteiger partial charge in [-0.2, -0.15) is 0 Å². The standard InChI is InChI=1S/C24H20O2/c1-15-19(18-11-7-4-8-12-18)14-21(25)22-16(2)20(24(26)23(15)22)13-17-9-5-3-6-10-17/h3-12,14,25H,13H2,1-2H3. The monoisotopic (exact) mass is 340 g/mol. The maximum Gasteiger partial charge on any atom is 0.190 e. The minimum Gasteiger partial charge on any atom is -0.507 e. The molecule has 0 saturated heterocycles. The predicted molar refractivity (Wildman–Crippen MR) is 105 cm³/mol. The number of carbonyl (C=O) groups excluding carboxylic acids is 1. The van der Waals surface area contributed by atoms with E-state index in [0.29, 0.717) is 17.5 Å². The summed E-state index contributed by atoms with van der Waals surface area (Å²) in [6.45, 7) is 3.90. The van der Waals surface area contributed by atoms with Crippen LogP contribution in [0.3, 0.4) is 0 Å². The molecule has 0 spiro atoms.